The summed E-state index contributed by atoms with van der Waals surface area (Å²) in [6, 6.07) is 4.01. The van der Waals surface area contributed by atoms with E-state index in [4.69, 9.17) is 5.73 Å². The molecule has 5 heteroatoms. The van der Waals surface area contributed by atoms with Crippen LogP contribution < -0.4 is 11.1 Å². The average molecular weight is 333 g/mol. The molecule has 0 saturated heterocycles. The molecule has 1 atom stereocenters. The molecule has 1 aromatic heterocycles. The lowest BCUT2D eigenvalue weighted by Crippen LogP contribution is -2.28. The van der Waals surface area contributed by atoms with Crippen LogP contribution in [0, 0.1) is 11.8 Å². The van der Waals surface area contributed by atoms with Gasteiger partial charge in [-0.15, -0.1) is 11.3 Å². The van der Waals surface area contributed by atoms with Gasteiger partial charge in [0.25, 0.3) is 0 Å². The zero-order valence-corrected chi connectivity index (χ0v) is 13.3. The van der Waals surface area contributed by atoms with Crippen molar-refractivity contribution in [2.75, 3.05) is 6.54 Å². The Morgan fingerprint density at radius 3 is 2.72 bits per heavy atom. The first-order chi connectivity index (χ1) is 8.51. The van der Waals surface area contributed by atoms with Gasteiger partial charge in [0.05, 0.1) is 10.3 Å². The van der Waals surface area contributed by atoms with Crippen LogP contribution in [-0.4, -0.2) is 12.5 Å². The third-order valence-corrected chi connectivity index (χ3v) is 4.32. The molecule has 0 aliphatic carbocycles. The van der Waals surface area contributed by atoms with Gasteiger partial charge in [0.2, 0.25) is 5.91 Å². The minimum absolute atomic E-state index is 0.0932. The molecule has 3 nitrogen and oxygen atoms in total. The predicted octanol–water partition coefficient (Wildman–Crippen LogP) is 3.14. The van der Waals surface area contributed by atoms with Gasteiger partial charge in [-0.25, -0.2) is 0 Å². The zero-order chi connectivity index (χ0) is 13.5. The molecule has 0 bridgehead atoms. The highest BCUT2D eigenvalue weighted by Crippen LogP contribution is 2.22. The van der Waals surface area contributed by atoms with Crippen molar-refractivity contribution in [1.82, 2.24) is 5.32 Å². The maximum atomic E-state index is 11.8. The number of nitrogens with one attached hydrogen (secondary N) is 1. The summed E-state index contributed by atoms with van der Waals surface area (Å²) >= 11 is 5.05. The standard InChI is InChI=1S/C13H21BrN2OS/c1-9(2)5-10(7-15)6-13(17)16-8-11-3-4-12(14)18-11/h3-4,9-10H,5-8,15H2,1-2H3,(H,16,17). The van der Waals surface area contributed by atoms with E-state index in [0.29, 0.717) is 31.3 Å². The molecule has 1 aromatic rings. The van der Waals surface area contributed by atoms with Gasteiger partial charge in [0, 0.05) is 11.3 Å². The van der Waals surface area contributed by atoms with Crippen molar-refractivity contribution >= 4 is 33.2 Å². The van der Waals surface area contributed by atoms with Crippen molar-refractivity contribution in [3.05, 3.63) is 20.8 Å². The molecule has 18 heavy (non-hydrogen) atoms. The van der Waals surface area contributed by atoms with E-state index in [2.05, 4.69) is 35.1 Å². The van der Waals surface area contributed by atoms with Gasteiger partial charge in [-0.05, 0) is 52.9 Å². The van der Waals surface area contributed by atoms with E-state index in [1.165, 1.54) is 0 Å². The zero-order valence-electron chi connectivity index (χ0n) is 10.9. The first-order valence-corrected chi connectivity index (χ1v) is 7.83. The van der Waals surface area contributed by atoms with Crippen LogP contribution in [0.15, 0.2) is 15.9 Å². The Bertz CT molecular complexity index is 379. The number of hydrogen-bond donors (Lipinski definition) is 2. The number of thiophene rings is 1. The number of carbonyl (C=O) groups is 1. The highest BCUT2D eigenvalue weighted by Gasteiger charge is 2.13. The van der Waals surface area contributed by atoms with Gasteiger partial charge >= 0.3 is 0 Å². The monoisotopic (exact) mass is 332 g/mol. The fourth-order valence-corrected chi connectivity index (χ4v) is 3.32. The first-order valence-electron chi connectivity index (χ1n) is 6.22. The second-order valence-corrected chi connectivity index (χ2v) is 7.47. The minimum Gasteiger partial charge on any atom is -0.351 e. The third kappa shape index (κ3) is 5.98. The van der Waals surface area contributed by atoms with E-state index in [-0.39, 0.29) is 5.91 Å². The summed E-state index contributed by atoms with van der Waals surface area (Å²) in [5, 5.41) is 2.95. The molecule has 1 unspecified atom stereocenters. The van der Waals surface area contributed by atoms with Crippen LogP contribution in [0.25, 0.3) is 0 Å². The van der Waals surface area contributed by atoms with Crippen molar-refractivity contribution < 1.29 is 4.79 Å². The SMILES string of the molecule is CC(C)CC(CN)CC(=O)NCc1ccc(Br)s1. The quantitative estimate of drug-likeness (QED) is 0.805. The molecule has 1 heterocycles. The topological polar surface area (TPSA) is 55.1 Å². The predicted molar refractivity (Wildman–Crippen MR) is 80.5 cm³/mol. The minimum atomic E-state index is 0.0932. The van der Waals surface area contributed by atoms with Gasteiger partial charge in [-0.1, -0.05) is 13.8 Å². The maximum Gasteiger partial charge on any atom is 0.220 e. The molecule has 0 aliphatic rings. The summed E-state index contributed by atoms with van der Waals surface area (Å²) in [5.41, 5.74) is 5.70. The Morgan fingerprint density at radius 2 is 2.22 bits per heavy atom. The van der Waals surface area contributed by atoms with E-state index in [1.54, 1.807) is 11.3 Å². The highest BCUT2D eigenvalue weighted by molar-refractivity contribution is 9.11. The summed E-state index contributed by atoms with van der Waals surface area (Å²) in [5.74, 6) is 0.968. The Labute approximate surface area is 121 Å². The van der Waals surface area contributed by atoms with E-state index in [9.17, 15) is 4.79 Å². The molecule has 0 fully saturated rings. The van der Waals surface area contributed by atoms with Gasteiger partial charge in [-0.3, -0.25) is 4.79 Å². The fourth-order valence-electron chi connectivity index (χ4n) is 1.90. The van der Waals surface area contributed by atoms with Crippen LogP contribution in [0.3, 0.4) is 0 Å². The van der Waals surface area contributed by atoms with E-state index < -0.39 is 0 Å². The summed E-state index contributed by atoms with van der Waals surface area (Å²) in [6.07, 6.45) is 1.54. The van der Waals surface area contributed by atoms with Crippen LogP contribution in [0.1, 0.15) is 31.6 Å². The molecule has 0 spiro atoms. The number of rotatable bonds is 7. The van der Waals surface area contributed by atoms with Gasteiger partial charge < -0.3 is 11.1 Å². The normalized spacial score (nSPS) is 12.7. The van der Waals surface area contributed by atoms with E-state index in [0.717, 1.165) is 15.1 Å². The number of halogens is 1. The van der Waals surface area contributed by atoms with Gasteiger partial charge in [0.1, 0.15) is 0 Å². The van der Waals surface area contributed by atoms with Crippen molar-refractivity contribution in [2.45, 2.75) is 33.2 Å². The maximum absolute atomic E-state index is 11.8. The van der Waals surface area contributed by atoms with Crippen molar-refractivity contribution in [1.29, 1.82) is 0 Å². The van der Waals surface area contributed by atoms with Crippen molar-refractivity contribution in [2.24, 2.45) is 17.6 Å². The van der Waals surface area contributed by atoms with E-state index in [1.807, 2.05) is 12.1 Å². The average Bonchev–Trinajstić information content (AvgIpc) is 2.71. The Hall–Kier alpha value is -0.390. The molecule has 0 saturated carbocycles. The number of hydrogen-bond acceptors (Lipinski definition) is 3. The Morgan fingerprint density at radius 1 is 1.50 bits per heavy atom. The molecule has 0 radical (unpaired) electrons. The summed E-state index contributed by atoms with van der Waals surface area (Å²) in [7, 11) is 0. The number of nitrogens with two attached hydrogens (primary N) is 1. The number of carbonyl (C=O) groups excluding carboxylic acids is 1. The first kappa shape index (κ1) is 15.7. The Kier molecular flexibility index (Phi) is 6.89. The second kappa shape index (κ2) is 7.92. The molecular weight excluding hydrogens is 312 g/mol. The molecular formula is C13H21BrN2OS. The highest BCUT2D eigenvalue weighted by atomic mass is 79.9. The molecule has 1 amide bonds. The van der Waals surface area contributed by atoms with Gasteiger partial charge in [-0.2, -0.15) is 0 Å². The number of amides is 1. The van der Waals surface area contributed by atoms with Crippen LogP contribution in [0.5, 0.6) is 0 Å². The lowest BCUT2D eigenvalue weighted by atomic mass is 9.94. The van der Waals surface area contributed by atoms with E-state index >= 15 is 0 Å². The second-order valence-electron chi connectivity index (χ2n) is 4.92. The van der Waals surface area contributed by atoms with Gasteiger partial charge in [0.15, 0.2) is 0 Å². The van der Waals surface area contributed by atoms with Crippen LogP contribution in [-0.2, 0) is 11.3 Å². The molecule has 3 N–H and O–H groups in total. The lowest BCUT2D eigenvalue weighted by molar-refractivity contribution is -0.122. The largest absolute Gasteiger partial charge is 0.351 e. The fraction of sp³-hybridized carbons (Fsp3) is 0.615. The van der Waals surface area contributed by atoms with Crippen LogP contribution >= 0.6 is 27.3 Å². The lowest BCUT2D eigenvalue weighted by Gasteiger charge is -2.16. The van der Waals surface area contributed by atoms with Crippen LogP contribution in [0.4, 0.5) is 0 Å². The Balaban J connectivity index is 2.32. The molecule has 102 valence electrons. The summed E-state index contributed by atoms with van der Waals surface area (Å²) in [6.45, 7) is 5.50. The summed E-state index contributed by atoms with van der Waals surface area (Å²) < 4.78 is 1.09. The van der Waals surface area contributed by atoms with Crippen molar-refractivity contribution in [3.8, 4) is 0 Å². The smallest absolute Gasteiger partial charge is 0.220 e. The molecule has 1 rings (SSSR count). The molecule has 0 aromatic carbocycles. The third-order valence-electron chi connectivity index (χ3n) is 2.70. The van der Waals surface area contributed by atoms with Crippen LogP contribution in [0.2, 0.25) is 0 Å². The van der Waals surface area contributed by atoms with Crippen molar-refractivity contribution in [3.63, 3.8) is 0 Å². The molecule has 0 aliphatic heterocycles. The summed E-state index contributed by atoms with van der Waals surface area (Å²) in [4.78, 5) is 13.0.